The third-order valence-corrected chi connectivity index (χ3v) is 3.27. The van der Waals surface area contributed by atoms with Gasteiger partial charge in [0.05, 0.1) is 0 Å². The molecule has 1 aromatic heterocycles. The van der Waals surface area contributed by atoms with Crippen LogP contribution in [0, 0.1) is 0 Å². The summed E-state index contributed by atoms with van der Waals surface area (Å²) in [7, 11) is 2.14. The highest BCUT2D eigenvalue weighted by atomic mass is 35.5. The van der Waals surface area contributed by atoms with Gasteiger partial charge in [-0.05, 0) is 43.8 Å². The van der Waals surface area contributed by atoms with Crippen LogP contribution in [0.25, 0.3) is 10.9 Å². The molecule has 0 aliphatic carbocycles. The van der Waals surface area contributed by atoms with Gasteiger partial charge in [-0.25, -0.2) is 0 Å². The predicted molar refractivity (Wildman–Crippen MR) is 70.2 cm³/mol. The summed E-state index contributed by atoms with van der Waals surface area (Å²) in [5, 5.41) is 2.05. The number of aromatic nitrogens is 1. The predicted octanol–water partition coefficient (Wildman–Crippen LogP) is 3.32. The number of rotatable bonds is 4. The Morgan fingerprint density at radius 1 is 1.38 bits per heavy atom. The number of hydrogen-bond acceptors (Lipinski definition) is 1. The van der Waals surface area contributed by atoms with Gasteiger partial charge in [0, 0.05) is 28.7 Å². The summed E-state index contributed by atoms with van der Waals surface area (Å²) in [6, 6.07) is 5.99. The highest BCUT2D eigenvalue weighted by molar-refractivity contribution is 6.31. The van der Waals surface area contributed by atoms with Crippen molar-refractivity contribution in [1.82, 2.24) is 9.88 Å². The van der Waals surface area contributed by atoms with Gasteiger partial charge in [0.2, 0.25) is 0 Å². The molecule has 1 N–H and O–H groups in total. The molecule has 2 rings (SSSR count). The fraction of sp³-hybridized carbons (Fsp3) is 0.385. The minimum atomic E-state index is 0.803. The molecule has 0 saturated carbocycles. The van der Waals surface area contributed by atoms with E-state index in [1.165, 1.54) is 16.5 Å². The monoisotopic (exact) mass is 236 g/mol. The second kappa shape index (κ2) is 4.89. The highest BCUT2D eigenvalue weighted by Crippen LogP contribution is 2.22. The lowest BCUT2D eigenvalue weighted by molar-refractivity contribution is 0.358. The van der Waals surface area contributed by atoms with Crippen molar-refractivity contribution in [2.75, 3.05) is 20.1 Å². The van der Waals surface area contributed by atoms with Crippen LogP contribution >= 0.6 is 11.6 Å². The number of aromatic amines is 1. The van der Waals surface area contributed by atoms with Crippen LogP contribution in [0.2, 0.25) is 5.02 Å². The zero-order valence-corrected chi connectivity index (χ0v) is 10.5. The van der Waals surface area contributed by atoms with E-state index in [4.69, 9.17) is 11.6 Å². The van der Waals surface area contributed by atoms with E-state index in [0.29, 0.717) is 0 Å². The van der Waals surface area contributed by atoms with Crippen LogP contribution < -0.4 is 0 Å². The summed E-state index contributed by atoms with van der Waals surface area (Å²) < 4.78 is 0. The largest absolute Gasteiger partial charge is 0.361 e. The summed E-state index contributed by atoms with van der Waals surface area (Å²) in [4.78, 5) is 5.59. The molecule has 0 fully saturated rings. The van der Waals surface area contributed by atoms with Crippen LogP contribution in [0.4, 0.5) is 0 Å². The number of fused-ring (bicyclic) bond motifs is 1. The summed E-state index contributed by atoms with van der Waals surface area (Å²) >= 11 is 6.01. The van der Waals surface area contributed by atoms with Crippen molar-refractivity contribution in [3.05, 3.63) is 35.0 Å². The SMILES string of the molecule is CCN(C)CCc1c[nH]c2ccc(Cl)cc12. The number of hydrogen-bond donors (Lipinski definition) is 1. The zero-order valence-electron chi connectivity index (χ0n) is 9.76. The number of likely N-dealkylation sites (N-methyl/N-ethyl adjacent to an activating group) is 1. The first-order valence-electron chi connectivity index (χ1n) is 5.64. The molecule has 16 heavy (non-hydrogen) atoms. The Bertz CT molecular complexity index is 476. The standard InChI is InChI=1S/C13H17ClN2/c1-3-16(2)7-6-10-9-15-13-5-4-11(14)8-12(10)13/h4-5,8-9,15H,3,6-7H2,1-2H3. The topological polar surface area (TPSA) is 19.0 Å². The van der Waals surface area contributed by atoms with Gasteiger partial charge in [-0.15, -0.1) is 0 Å². The fourth-order valence-electron chi connectivity index (χ4n) is 1.83. The summed E-state index contributed by atoms with van der Waals surface area (Å²) in [5.74, 6) is 0. The zero-order chi connectivity index (χ0) is 11.5. The minimum absolute atomic E-state index is 0.803. The molecular formula is C13H17ClN2. The molecule has 2 aromatic rings. The van der Waals surface area contributed by atoms with Gasteiger partial charge in [0.1, 0.15) is 0 Å². The number of halogens is 1. The van der Waals surface area contributed by atoms with Crippen LogP contribution in [0.15, 0.2) is 24.4 Å². The molecule has 0 bridgehead atoms. The molecule has 0 atom stereocenters. The summed E-state index contributed by atoms with van der Waals surface area (Å²) in [6.07, 6.45) is 3.15. The number of nitrogens with zero attached hydrogens (tertiary/aromatic N) is 1. The van der Waals surface area contributed by atoms with Crippen LogP contribution in [0.3, 0.4) is 0 Å². The Kier molecular flexibility index (Phi) is 3.52. The lowest BCUT2D eigenvalue weighted by atomic mass is 10.1. The molecule has 0 aliphatic heterocycles. The minimum Gasteiger partial charge on any atom is -0.361 e. The molecule has 1 aromatic carbocycles. The van der Waals surface area contributed by atoms with Crippen LogP contribution in [-0.2, 0) is 6.42 Å². The molecule has 3 heteroatoms. The molecule has 1 heterocycles. The summed E-state index contributed by atoms with van der Waals surface area (Å²) in [5.41, 5.74) is 2.51. The van der Waals surface area contributed by atoms with Gasteiger partial charge in [-0.1, -0.05) is 18.5 Å². The number of nitrogens with one attached hydrogen (secondary N) is 1. The number of benzene rings is 1. The van der Waals surface area contributed by atoms with E-state index < -0.39 is 0 Å². The van der Waals surface area contributed by atoms with Gasteiger partial charge >= 0.3 is 0 Å². The van der Waals surface area contributed by atoms with Crippen molar-refractivity contribution in [2.45, 2.75) is 13.3 Å². The molecule has 0 amide bonds. The fourth-order valence-corrected chi connectivity index (χ4v) is 2.00. The van der Waals surface area contributed by atoms with Crippen molar-refractivity contribution in [3.8, 4) is 0 Å². The van der Waals surface area contributed by atoms with Crippen molar-refractivity contribution in [2.24, 2.45) is 0 Å². The molecule has 0 radical (unpaired) electrons. The van der Waals surface area contributed by atoms with Gasteiger partial charge in [0.25, 0.3) is 0 Å². The van der Waals surface area contributed by atoms with E-state index in [1.54, 1.807) is 0 Å². The van der Waals surface area contributed by atoms with Crippen molar-refractivity contribution < 1.29 is 0 Å². The number of H-pyrrole nitrogens is 1. The second-order valence-corrected chi connectivity index (χ2v) is 4.59. The maximum Gasteiger partial charge on any atom is 0.0457 e. The van der Waals surface area contributed by atoms with Crippen molar-refractivity contribution in [1.29, 1.82) is 0 Å². The van der Waals surface area contributed by atoms with Crippen molar-refractivity contribution >= 4 is 22.5 Å². The van der Waals surface area contributed by atoms with E-state index in [2.05, 4.69) is 30.1 Å². The van der Waals surface area contributed by atoms with Crippen LogP contribution in [-0.4, -0.2) is 30.0 Å². The van der Waals surface area contributed by atoms with E-state index in [-0.39, 0.29) is 0 Å². The normalized spacial score (nSPS) is 11.5. The van der Waals surface area contributed by atoms with Crippen LogP contribution in [0.1, 0.15) is 12.5 Å². The quantitative estimate of drug-likeness (QED) is 0.863. The molecule has 0 aliphatic rings. The Morgan fingerprint density at radius 3 is 2.94 bits per heavy atom. The lowest BCUT2D eigenvalue weighted by Crippen LogP contribution is -2.20. The molecule has 0 spiro atoms. The molecule has 0 saturated heterocycles. The van der Waals surface area contributed by atoms with Gasteiger partial charge in [-0.3, -0.25) is 0 Å². The van der Waals surface area contributed by atoms with E-state index in [0.717, 1.165) is 24.5 Å². The third kappa shape index (κ3) is 2.39. The molecule has 2 nitrogen and oxygen atoms in total. The van der Waals surface area contributed by atoms with Gasteiger partial charge in [0.15, 0.2) is 0 Å². The van der Waals surface area contributed by atoms with Gasteiger partial charge in [-0.2, -0.15) is 0 Å². The highest BCUT2D eigenvalue weighted by Gasteiger charge is 2.05. The molecular weight excluding hydrogens is 220 g/mol. The Morgan fingerprint density at radius 2 is 2.19 bits per heavy atom. The van der Waals surface area contributed by atoms with Crippen molar-refractivity contribution in [3.63, 3.8) is 0 Å². The Balaban J connectivity index is 2.21. The average Bonchev–Trinajstić information content (AvgIpc) is 2.68. The van der Waals surface area contributed by atoms with E-state index in [1.807, 2.05) is 18.2 Å². The average molecular weight is 237 g/mol. The smallest absolute Gasteiger partial charge is 0.0457 e. The first kappa shape index (κ1) is 11.5. The van der Waals surface area contributed by atoms with Gasteiger partial charge < -0.3 is 9.88 Å². The molecule has 0 unspecified atom stereocenters. The maximum absolute atomic E-state index is 6.01. The van der Waals surface area contributed by atoms with Crippen LogP contribution in [0.5, 0.6) is 0 Å². The van der Waals surface area contributed by atoms with E-state index >= 15 is 0 Å². The second-order valence-electron chi connectivity index (χ2n) is 4.15. The lowest BCUT2D eigenvalue weighted by Gasteiger charge is -2.12. The Hall–Kier alpha value is -0.990. The molecule has 86 valence electrons. The van der Waals surface area contributed by atoms with E-state index in [9.17, 15) is 0 Å². The summed E-state index contributed by atoms with van der Waals surface area (Å²) in [6.45, 7) is 4.34. The first-order chi connectivity index (χ1) is 7.70. The third-order valence-electron chi connectivity index (χ3n) is 3.03. The first-order valence-corrected chi connectivity index (χ1v) is 6.02. The Labute approximate surface area is 101 Å². The maximum atomic E-state index is 6.01.